The fourth-order valence-corrected chi connectivity index (χ4v) is 5.34. The molecule has 0 aliphatic rings. The molecule has 0 aromatic carbocycles. The third-order valence-corrected chi connectivity index (χ3v) is 6.50. The Kier molecular flexibility index (Phi) is 10.3. The minimum Gasteiger partial charge on any atom is -0.404 e. The molecule has 0 aromatic rings. The monoisotopic (exact) mass is 274 g/mol. The van der Waals surface area contributed by atoms with Gasteiger partial charge in [-0.15, -0.1) is 0 Å². The van der Waals surface area contributed by atoms with Gasteiger partial charge < -0.3 is 8.85 Å². The van der Waals surface area contributed by atoms with Gasteiger partial charge in [-0.3, -0.25) is 0 Å². The molecular formula is C11H26O2Si3. The van der Waals surface area contributed by atoms with Crippen molar-refractivity contribution in [2.45, 2.75) is 45.7 Å². The predicted molar refractivity (Wildman–Crippen MR) is 81.5 cm³/mol. The Labute approximate surface area is 108 Å². The van der Waals surface area contributed by atoms with Crippen LogP contribution in [-0.4, -0.2) is 35.7 Å². The van der Waals surface area contributed by atoms with E-state index in [4.69, 9.17) is 8.85 Å². The summed E-state index contributed by atoms with van der Waals surface area (Å²) < 4.78 is 11.5. The second-order valence-corrected chi connectivity index (χ2v) is 8.03. The van der Waals surface area contributed by atoms with Crippen LogP contribution in [0, 0.1) is 0 Å². The Morgan fingerprint density at radius 2 is 1.38 bits per heavy atom. The molecule has 5 heteroatoms. The van der Waals surface area contributed by atoms with Crippen LogP contribution in [0.25, 0.3) is 0 Å². The highest BCUT2D eigenvalue weighted by Gasteiger charge is 1.99. The van der Waals surface area contributed by atoms with Gasteiger partial charge in [0.2, 0.25) is 0 Å². The molecule has 0 N–H and O–H groups in total. The van der Waals surface area contributed by atoms with E-state index in [9.17, 15) is 0 Å². The lowest BCUT2D eigenvalue weighted by molar-refractivity contribution is 0.0853. The molecule has 94 valence electrons. The predicted octanol–water partition coefficient (Wildman–Crippen LogP) is 0.605. The zero-order valence-corrected chi connectivity index (χ0v) is 16.2. The average Bonchev–Trinajstić information content (AvgIpc) is 2.19. The largest absolute Gasteiger partial charge is 0.404 e. The summed E-state index contributed by atoms with van der Waals surface area (Å²) in [5.74, 6) is 0.162. The summed E-state index contributed by atoms with van der Waals surface area (Å²) >= 11 is 0. The highest BCUT2D eigenvalue weighted by molar-refractivity contribution is 6.31. The van der Waals surface area contributed by atoms with Crippen LogP contribution >= 0.6 is 0 Å². The maximum absolute atomic E-state index is 5.75. The van der Waals surface area contributed by atoms with Gasteiger partial charge >= 0.3 is 0 Å². The van der Waals surface area contributed by atoms with Gasteiger partial charge in [0.25, 0.3) is 0 Å². The molecular weight excluding hydrogens is 248 g/mol. The van der Waals surface area contributed by atoms with Crippen LogP contribution < -0.4 is 0 Å². The van der Waals surface area contributed by atoms with Crippen molar-refractivity contribution >= 4 is 29.8 Å². The molecule has 0 unspecified atom stereocenters. The molecule has 0 rings (SSSR count). The number of hydrogen-bond acceptors (Lipinski definition) is 2. The Hall–Kier alpha value is 0.0506. The van der Waals surface area contributed by atoms with E-state index in [0.29, 0.717) is 0 Å². The van der Waals surface area contributed by atoms with E-state index in [0.717, 1.165) is 22.3 Å². The highest BCUT2D eigenvalue weighted by Crippen LogP contribution is 1.97. The Bertz CT molecular complexity index is 207. The summed E-state index contributed by atoms with van der Waals surface area (Å²) in [6.07, 6.45) is 4.53. The molecule has 0 aromatic heterocycles. The number of hydrogen-bond donors (Lipinski definition) is 0. The molecule has 0 saturated heterocycles. The molecule has 0 aliphatic heterocycles. The van der Waals surface area contributed by atoms with Gasteiger partial charge in [0, 0.05) is 0 Å². The average molecular weight is 275 g/mol. The Morgan fingerprint density at radius 3 is 1.69 bits per heavy atom. The first kappa shape index (κ1) is 16.1. The van der Waals surface area contributed by atoms with E-state index in [1.54, 1.807) is 0 Å². The van der Waals surface area contributed by atoms with Crippen LogP contribution in [0.5, 0.6) is 0 Å². The summed E-state index contributed by atoms with van der Waals surface area (Å²) in [4.78, 5) is 0. The van der Waals surface area contributed by atoms with Crippen LogP contribution in [0.4, 0.5) is 0 Å². The zero-order chi connectivity index (χ0) is 12.4. The number of allylic oxidation sites excluding steroid dienone is 4. The first-order valence-electron chi connectivity index (χ1n) is 6.02. The SMILES string of the molecule is CC(C)=CC[SiH2]OC([SiH3])O[SiH2]CC=C(C)C. The second-order valence-electron chi connectivity index (χ2n) is 4.45. The molecule has 0 atom stereocenters. The van der Waals surface area contributed by atoms with E-state index < -0.39 is 0 Å². The molecule has 0 bridgehead atoms. The Morgan fingerprint density at radius 1 is 1.00 bits per heavy atom. The van der Waals surface area contributed by atoms with Crippen molar-refractivity contribution in [3.05, 3.63) is 23.3 Å². The molecule has 2 nitrogen and oxygen atoms in total. The van der Waals surface area contributed by atoms with Gasteiger partial charge in [0.1, 0.15) is 5.91 Å². The minimum atomic E-state index is -0.389. The molecule has 0 radical (unpaired) electrons. The van der Waals surface area contributed by atoms with Crippen molar-refractivity contribution in [3.8, 4) is 0 Å². The summed E-state index contributed by atoms with van der Waals surface area (Å²) in [5, 5.41) is 0. The normalized spacial score (nSPS) is 13.8. The molecule has 0 amide bonds. The minimum absolute atomic E-state index is 0.162. The standard InChI is InChI=1S/C11H26O2Si3/c1-9(2)5-7-15-12-11(14)13-16-8-6-10(3)4/h5-6,11H,7-8,15-16H2,1-4,14H3. The third-order valence-electron chi connectivity index (χ3n) is 2.05. The molecule has 0 aliphatic carbocycles. The first-order chi connectivity index (χ1) is 7.52. The summed E-state index contributed by atoms with van der Waals surface area (Å²) in [7, 11) is 0.221. The summed E-state index contributed by atoms with van der Waals surface area (Å²) in [6, 6.07) is 2.28. The van der Waals surface area contributed by atoms with Crippen molar-refractivity contribution in [1.82, 2.24) is 0 Å². The van der Waals surface area contributed by atoms with Crippen molar-refractivity contribution in [2.75, 3.05) is 0 Å². The maximum atomic E-state index is 5.75. The molecule has 0 spiro atoms. The smallest absolute Gasteiger partial charge is 0.168 e. The van der Waals surface area contributed by atoms with Gasteiger partial charge in [-0.1, -0.05) is 23.3 Å². The lowest BCUT2D eigenvalue weighted by atomic mass is 10.3. The lowest BCUT2D eigenvalue weighted by Gasteiger charge is -2.13. The van der Waals surface area contributed by atoms with Gasteiger partial charge in [0.05, 0.1) is 10.2 Å². The van der Waals surface area contributed by atoms with E-state index in [2.05, 4.69) is 39.8 Å². The first-order valence-corrected chi connectivity index (χ1v) is 10.3. The van der Waals surface area contributed by atoms with Crippen molar-refractivity contribution in [2.24, 2.45) is 0 Å². The van der Waals surface area contributed by atoms with Gasteiger partial charge in [0.15, 0.2) is 19.5 Å². The van der Waals surface area contributed by atoms with Crippen LogP contribution in [0.2, 0.25) is 12.1 Å². The molecule has 0 heterocycles. The highest BCUT2D eigenvalue weighted by atomic mass is 28.2. The summed E-state index contributed by atoms with van der Waals surface area (Å²) in [5.41, 5.74) is 2.78. The topological polar surface area (TPSA) is 18.5 Å². The molecule has 0 fully saturated rings. The second kappa shape index (κ2) is 10.2. The van der Waals surface area contributed by atoms with E-state index in [1.165, 1.54) is 11.1 Å². The Balaban J connectivity index is 3.41. The number of rotatable bonds is 8. The van der Waals surface area contributed by atoms with Crippen molar-refractivity contribution in [3.63, 3.8) is 0 Å². The van der Waals surface area contributed by atoms with Crippen LogP contribution in [0.3, 0.4) is 0 Å². The molecule has 0 saturated carbocycles. The van der Waals surface area contributed by atoms with Crippen LogP contribution in [-0.2, 0) is 8.85 Å². The quantitative estimate of drug-likeness (QED) is 0.279. The van der Waals surface area contributed by atoms with Gasteiger partial charge in [-0.25, -0.2) is 0 Å². The van der Waals surface area contributed by atoms with E-state index in [-0.39, 0.29) is 25.4 Å². The third kappa shape index (κ3) is 12.1. The van der Waals surface area contributed by atoms with Crippen LogP contribution in [0.15, 0.2) is 23.3 Å². The summed E-state index contributed by atoms with van der Waals surface area (Å²) in [6.45, 7) is 8.54. The maximum Gasteiger partial charge on any atom is 0.168 e. The van der Waals surface area contributed by atoms with Gasteiger partial charge in [-0.2, -0.15) is 0 Å². The zero-order valence-electron chi connectivity index (χ0n) is 11.4. The van der Waals surface area contributed by atoms with E-state index in [1.807, 2.05) is 0 Å². The van der Waals surface area contributed by atoms with Crippen LogP contribution in [0.1, 0.15) is 27.7 Å². The van der Waals surface area contributed by atoms with Crippen molar-refractivity contribution in [1.29, 1.82) is 0 Å². The molecule has 16 heavy (non-hydrogen) atoms. The fourth-order valence-electron chi connectivity index (χ4n) is 1.21. The van der Waals surface area contributed by atoms with Gasteiger partial charge in [-0.05, 0) is 39.8 Å². The van der Waals surface area contributed by atoms with E-state index >= 15 is 0 Å². The van der Waals surface area contributed by atoms with Crippen molar-refractivity contribution < 1.29 is 8.85 Å². The fraction of sp³-hybridized carbons (Fsp3) is 0.636. The lowest BCUT2D eigenvalue weighted by Crippen LogP contribution is -2.21.